The maximum Gasteiger partial charge on any atom is 0.154 e. The van der Waals surface area contributed by atoms with Crippen molar-refractivity contribution in [3.63, 3.8) is 0 Å². The van der Waals surface area contributed by atoms with Crippen LogP contribution in [0.5, 0.6) is 0 Å². The molecule has 2 rings (SSSR count). The van der Waals surface area contributed by atoms with Gasteiger partial charge < -0.3 is 4.57 Å². The van der Waals surface area contributed by atoms with Gasteiger partial charge in [0.15, 0.2) is 6.29 Å². The van der Waals surface area contributed by atoms with Gasteiger partial charge in [-0.3, -0.25) is 9.78 Å². The second-order valence-corrected chi connectivity index (χ2v) is 5.06. The van der Waals surface area contributed by atoms with Gasteiger partial charge in [0, 0.05) is 24.4 Å². The Bertz CT molecular complexity index is 547. The minimum Gasteiger partial charge on any atom is -0.345 e. The third kappa shape index (κ3) is 1.43. The number of hydrogen-bond acceptors (Lipinski definition) is 2. The Hall–Kier alpha value is -1.64. The summed E-state index contributed by atoms with van der Waals surface area (Å²) in [5, 5.41) is 0. The molecule has 0 spiro atoms. The van der Waals surface area contributed by atoms with Crippen molar-refractivity contribution in [3.8, 4) is 0 Å². The van der Waals surface area contributed by atoms with Crippen LogP contribution in [0.4, 0.5) is 0 Å². The van der Waals surface area contributed by atoms with Crippen LogP contribution < -0.4 is 0 Å². The standard InChI is InChI=1S/C13H16N2O/c1-13(2,3)12-9(8-16)11-10(15(12)4)6-5-7-14-11/h5-8H,1-4H3. The predicted octanol–water partition coefficient (Wildman–Crippen LogP) is 2.68. The van der Waals surface area contributed by atoms with Crippen molar-refractivity contribution < 1.29 is 4.79 Å². The van der Waals surface area contributed by atoms with Crippen LogP contribution in [0.25, 0.3) is 11.0 Å². The molecule has 0 unspecified atom stereocenters. The molecule has 16 heavy (non-hydrogen) atoms. The van der Waals surface area contributed by atoms with Crippen molar-refractivity contribution in [2.24, 2.45) is 7.05 Å². The van der Waals surface area contributed by atoms with Crippen LogP contribution in [0.2, 0.25) is 0 Å². The van der Waals surface area contributed by atoms with Gasteiger partial charge in [0.05, 0.1) is 16.6 Å². The monoisotopic (exact) mass is 216 g/mol. The third-order valence-electron chi connectivity index (χ3n) is 2.82. The Morgan fingerprint density at radius 2 is 2.06 bits per heavy atom. The van der Waals surface area contributed by atoms with Crippen molar-refractivity contribution in [2.45, 2.75) is 26.2 Å². The lowest BCUT2D eigenvalue weighted by Crippen LogP contribution is -2.17. The number of nitrogens with zero attached hydrogens (tertiary/aromatic N) is 2. The molecule has 84 valence electrons. The number of aryl methyl sites for hydroxylation is 1. The molecule has 2 heterocycles. The minimum absolute atomic E-state index is 0.0638. The molecule has 2 aromatic rings. The maximum absolute atomic E-state index is 11.2. The molecule has 2 aromatic heterocycles. The number of aromatic nitrogens is 2. The van der Waals surface area contributed by atoms with E-state index in [-0.39, 0.29) is 5.41 Å². The van der Waals surface area contributed by atoms with Crippen LogP contribution in [0.15, 0.2) is 18.3 Å². The van der Waals surface area contributed by atoms with E-state index in [1.807, 2.05) is 19.2 Å². The van der Waals surface area contributed by atoms with Crippen molar-refractivity contribution in [3.05, 3.63) is 29.6 Å². The number of fused-ring (bicyclic) bond motifs is 1. The van der Waals surface area contributed by atoms with E-state index in [0.29, 0.717) is 5.56 Å². The highest BCUT2D eigenvalue weighted by Crippen LogP contribution is 2.31. The van der Waals surface area contributed by atoms with E-state index in [4.69, 9.17) is 0 Å². The van der Waals surface area contributed by atoms with Gasteiger partial charge >= 0.3 is 0 Å². The van der Waals surface area contributed by atoms with Crippen molar-refractivity contribution >= 4 is 17.3 Å². The lowest BCUT2D eigenvalue weighted by molar-refractivity contribution is 0.112. The molecule has 0 saturated carbocycles. The molecular formula is C13H16N2O. The van der Waals surface area contributed by atoms with E-state index in [1.165, 1.54) is 0 Å². The van der Waals surface area contributed by atoms with Crippen molar-refractivity contribution in [1.29, 1.82) is 0 Å². The molecule has 3 nitrogen and oxygen atoms in total. The van der Waals surface area contributed by atoms with Crippen LogP contribution in [0, 0.1) is 0 Å². The van der Waals surface area contributed by atoms with Crippen LogP contribution in [0.1, 0.15) is 36.8 Å². The second-order valence-electron chi connectivity index (χ2n) is 5.06. The van der Waals surface area contributed by atoms with Crippen molar-refractivity contribution in [2.75, 3.05) is 0 Å². The van der Waals surface area contributed by atoms with Gasteiger partial charge in [0.25, 0.3) is 0 Å². The van der Waals surface area contributed by atoms with E-state index in [9.17, 15) is 4.79 Å². The summed E-state index contributed by atoms with van der Waals surface area (Å²) >= 11 is 0. The van der Waals surface area contributed by atoms with Crippen LogP contribution in [0.3, 0.4) is 0 Å². The summed E-state index contributed by atoms with van der Waals surface area (Å²) in [4.78, 5) is 15.5. The number of aldehydes is 1. The predicted molar refractivity (Wildman–Crippen MR) is 64.8 cm³/mol. The summed E-state index contributed by atoms with van der Waals surface area (Å²) in [6, 6.07) is 3.88. The summed E-state index contributed by atoms with van der Waals surface area (Å²) in [7, 11) is 1.98. The van der Waals surface area contributed by atoms with Gasteiger partial charge in [-0.1, -0.05) is 20.8 Å². The first-order valence-corrected chi connectivity index (χ1v) is 5.36. The zero-order valence-electron chi connectivity index (χ0n) is 10.1. The van der Waals surface area contributed by atoms with Gasteiger partial charge in [0.2, 0.25) is 0 Å². The molecule has 0 N–H and O–H groups in total. The number of pyridine rings is 1. The first-order chi connectivity index (χ1) is 7.46. The fourth-order valence-corrected chi connectivity index (χ4v) is 2.31. The summed E-state index contributed by atoms with van der Waals surface area (Å²) in [5.41, 5.74) is 3.49. The average molecular weight is 216 g/mol. The molecule has 0 amide bonds. The molecule has 0 bridgehead atoms. The maximum atomic E-state index is 11.2. The normalized spacial score (nSPS) is 12.0. The highest BCUT2D eigenvalue weighted by Gasteiger charge is 2.25. The average Bonchev–Trinajstić information content (AvgIpc) is 2.51. The van der Waals surface area contributed by atoms with E-state index < -0.39 is 0 Å². The second kappa shape index (κ2) is 3.44. The van der Waals surface area contributed by atoms with Gasteiger partial charge in [-0.05, 0) is 12.1 Å². The number of hydrogen-bond donors (Lipinski definition) is 0. The van der Waals surface area contributed by atoms with Crippen LogP contribution in [-0.4, -0.2) is 15.8 Å². The molecule has 0 atom stereocenters. The number of carbonyl (C=O) groups excluding carboxylic acids is 1. The Kier molecular flexibility index (Phi) is 2.34. The van der Waals surface area contributed by atoms with E-state index >= 15 is 0 Å². The topological polar surface area (TPSA) is 34.9 Å². The molecule has 0 radical (unpaired) electrons. The van der Waals surface area contributed by atoms with Gasteiger partial charge in [-0.2, -0.15) is 0 Å². The van der Waals surface area contributed by atoms with Gasteiger partial charge in [-0.15, -0.1) is 0 Å². The number of rotatable bonds is 1. The molecule has 0 fully saturated rings. The molecule has 0 aliphatic carbocycles. The number of carbonyl (C=O) groups is 1. The quantitative estimate of drug-likeness (QED) is 0.687. The first kappa shape index (κ1) is 10.9. The fraction of sp³-hybridized carbons (Fsp3) is 0.385. The summed E-state index contributed by atoms with van der Waals surface area (Å²) < 4.78 is 2.06. The van der Waals surface area contributed by atoms with E-state index in [2.05, 4.69) is 30.3 Å². The minimum atomic E-state index is -0.0638. The van der Waals surface area contributed by atoms with E-state index in [0.717, 1.165) is 23.0 Å². The lowest BCUT2D eigenvalue weighted by Gasteiger charge is -2.20. The van der Waals surface area contributed by atoms with E-state index in [1.54, 1.807) is 6.20 Å². The Balaban J connectivity index is 2.93. The Morgan fingerprint density at radius 3 is 2.62 bits per heavy atom. The summed E-state index contributed by atoms with van der Waals surface area (Å²) in [6.07, 6.45) is 2.64. The molecule has 3 heteroatoms. The van der Waals surface area contributed by atoms with Gasteiger partial charge in [-0.25, -0.2) is 0 Å². The molecular weight excluding hydrogens is 200 g/mol. The Morgan fingerprint density at radius 1 is 1.38 bits per heavy atom. The van der Waals surface area contributed by atoms with Gasteiger partial charge in [0.1, 0.15) is 0 Å². The summed E-state index contributed by atoms with van der Waals surface area (Å²) in [6.45, 7) is 6.32. The summed E-state index contributed by atoms with van der Waals surface area (Å²) in [5.74, 6) is 0. The van der Waals surface area contributed by atoms with Crippen LogP contribution in [-0.2, 0) is 12.5 Å². The van der Waals surface area contributed by atoms with Crippen molar-refractivity contribution in [1.82, 2.24) is 9.55 Å². The Labute approximate surface area is 95.1 Å². The van der Waals surface area contributed by atoms with Crippen LogP contribution >= 0.6 is 0 Å². The molecule has 0 aromatic carbocycles. The molecule has 0 aliphatic rings. The highest BCUT2D eigenvalue weighted by molar-refractivity contribution is 5.97. The smallest absolute Gasteiger partial charge is 0.154 e. The third-order valence-corrected chi connectivity index (χ3v) is 2.82. The highest BCUT2D eigenvalue weighted by atomic mass is 16.1. The SMILES string of the molecule is Cn1c(C(C)(C)C)c(C=O)c2ncccc21. The fourth-order valence-electron chi connectivity index (χ4n) is 2.31. The largest absolute Gasteiger partial charge is 0.345 e. The molecule has 0 saturated heterocycles. The lowest BCUT2D eigenvalue weighted by atomic mass is 9.89. The molecule has 0 aliphatic heterocycles. The first-order valence-electron chi connectivity index (χ1n) is 5.36. The zero-order chi connectivity index (χ0) is 11.9. The zero-order valence-corrected chi connectivity index (χ0v) is 10.1.